The molecule has 0 saturated heterocycles. The smallest absolute Gasteiger partial charge is 0.0721 e. The highest BCUT2D eigenvalue weighted by molar-refractivity contribution is 6.30. The van der Waals surface area contributed by atoms with Gasteiger partial charge in [0.1, 0.15) is 0 Å². The minimum Gasteiger partial charge on any atom is -0.373 e. The fourth-order valence-electron chi connectivity index (χ4n) is 4.09. The first-order chi connectivity index (χ1) is 9.74. The summed E-state index contributed by atoms with van der Waals surface area (Å²) in [5.41, 5.74) is 1.57. The molecule has 1 aromatic carbocycles. The highest BCUT2D eigenvalue weighted by Gasteiger charge is 2.54. The number of nitrogens with one attached hydrogen (secondary N) is 1. The van der Waals surface area contributed by atoms with Crippen molar-refractivity contribution >= 4 is 11.6 Å². The van der Waals surface area contributed by atoms with E-state index in [9.17, 15) is 0 Å². The van der Waals surface area contributed by atoms with Gasteiger partial charge < -0.3 is 10.1 Å². The lowest BCUT2D eigenvalue weighted by Gasteiger charge is -2.57. The molecule has 1 spiro atoms. The molecular weight excluding hydrogens is 270 g/mol. The second-order valence-electron chi connectivity index (χ2n) is 6.30. The summed E-state index contributed by atoms with van der Waals surface area (Å²) in [4.78, 5) is 0. The molecule has 0 radical (unpaired) electrons. The molecule has 2 aliphatic rings. The fraction of sp³-hybridized carbons (Fsp3) is 0.647. The maximum absolute atomic E-state index is 6.25. The summed E-state index contributed by atoms with van der Waals surface area (Å²) in [5, 5.41) is 4.29. The Morgan fingerprint density at radius 3 is 2.80 bits per heavy atom. The number of ether oxygens (including phenoxy) is 1. The van der Waals surface area contributed by atoms with Crippen LogP contribution in [0.3, 0.4) is 0 Å². The van der Waals surface area contributed by atoms with E-state index in [1.165, 1.54) is 37.7 Å². The van der Waals surface area contributed by atoms with E-state index >= 15 is 0 Å². The molecule has 2 saturated carbocycles. The van der Waals surface area contributed by atoms with Crippen LogP contribution in [0.5, 0.6) is 0 Å². The highest BCUT2D eigenvalue weighted by atomic mass is 35.5. The quantitative estimate of drug-likeness (QED) is 0.900. The van der Waals surface area contributed by atoms with Gasteiger partial charge in [0.05, 0.1) is 12.7 Å². The minimum absolute atomic E-state index is 0.394. The molecule has 1 aromatic rings. The minimum atomic E-state index is 0.394. The van der Waals surface area contributed by atoms with Gasteiger partial charge in [-0.25, -0.2) is 0 Å². The predicted molar refractivity (Wildman–Crippen MR) is 83.0 cm³/mol. The SMILES string of the molecule is CNC1CC(OCc2cccc(Cl)c2)C12CCCCC2. The first-order valence-corrected chi connectivity index (χ1v) is 8.16. The lowest BCUT2D eigenvalue weighted by atomic mass is 9.55. The summed E-state index contributed by atoms with van der Waals surface area (Å²) < 4.78 is 6.25. The van der Waals surface area contributed by atoms with Crippen molar-refractivity contribution in [2.45, 2.75) is 57.3 Å². The van der Waals surface area contributed by atoms with Gasteiger partial charge in [0.25, 0.3) is 0 Å². The molecule has 2 fully saturated rings. The average Bonchev–Trinajstić information content (AvgIpc) is 2.47. The van der Waals surface area contributed by atoms with Crippen molar-refractivity contribution in [1.82, 2.24) is 5.32 Å². The van der Waals surface area contributed by atoms with Gasteiger partial charge in [-0.15, -0.1) is 0 Å². The van der Waals surface area contributed by atoms with Crippen molar-refractivity contribution in [3.05, 3.63) is 34.9 Å². The first-order valence-electron chi connectivity index (χ1n) is 7.78. The van der Waals surface area contributed by atoms with Crippen LogP contribution in [0.4, 0.5) is 0 Å². The maximum atomic E-state index is 6.25. The Morgan fingerprint density at radius 2 is 2.10 bits per heavy atom. The van der Waals surface area contributed by atoms with Gasteiger partial charge in [-0.3, -0.25) is 0 Å². The second kappa shape index (κ2) is 6.05. The molecule has 2 unspecified atom stereocenters. The van der Waals surface area contributed by atoms with Crippen LogP contribution in [-0.4, -0.2) is 19.2 Å². The van der Waals surface area contributed by atoms with E-state index in [1.807, 2.05) is 18.2 Å². The molecule has 0 bridgehead atoms. The number of rotatable bonds is 4. The van der Waals surface area contributed by atoms with Crippen LogP contribution in [0.1, 0.15) is 44.1 Å². The Labute approximate surface area is 126 Å². The number of hydrogen-bond acceptors (Lipinski definition) is 2. The van der Waals surface area contributed by atoms with Gasteiger partial charge in [-0.05, 0) is 44.0 Å². The van der Waals surface area contributed by atoms with E-state index in [4.69, 9.17) is 16.3 Å². The highest BCUT2D eigenvalue weighted by Crippen LogP contribution is 2.53. The van der Waals surface area contributed by atoms with Crippen molar-refractivity contribution in [3.63, 3.8) is 0 Å². The molecule has 0 amide bonds. The molecule has 20 heavy (non-hydrogen) atoms. The zero-order valence-corrected chi connectivity index (χ0v) is 13.0. The van der Waals surface area contributed by atoms with Gasteiger partial charge >= 0.3 is 0 Å². The van der Waals surface area contributed by atoms with Crippen molar-refractivity contribution < 1.29 is 4.74 Å². The largest absolute Gasteiger partial charge is 0.373 e. The molecule has 1 N–H and O–H groups in total. The molecular formula is C17H24ClNO. The lowest BCUT2D eigenvalue weighted by Crippen LogP contribution is -2.63. The summed E-state index contributed by atoms with van der Waals surface area (Å²) in [6, 6.07) is 8.65. The molecule has 2 aliphatic carbocycles. The Hall–Kier alpha value is -0.570. The first kappa shape index (κ1) is 14.4. The zero-order valence-electron chi connectivity index (χ0n) is 12.2. The van der Waals surface area contributed by atoms with E-state index in [1.54, 1.807) is 0 Å². The van der Waals surface area contributed by atoms with Gasteiger partial charge in [-0.1, -0.05) is 43.0 Å². The van der Waals surface area contributed by atoms with Crippen LogP contribution in [0.25, 0.3) is 0 Å². The molecule has 3 heteroatoms. The summed E-state index contributed by atoms with van der Waals surface area (Å²) in [6.45, 7) is 0.684. The summed E-state index contributed by atoms with van der Waals surface area (Å²) in [5.74, 6) is 0. The van der Waals surface area contributed by atoms with E-state index < -0.39 is 0 Å². The third-order valence-electron chi connectivity index (χ3n) is 5.26. The molecule has 3 rings (SSSR count). The second-order valence-corrected chi connectivity index (χ2v) is 6.74. The normalized spacial score (nSPS) is 28.3. The van der Waals surface area contributed by atoms with Crippen LogP contribution in [0, 0.1) is 5.41 Å². The van der Waals surface area contributed by atoms with Crippen LogP contribution in [0.2, 0.25) is 5.02 Å². The van der Waals surface area contributed by atoms with Crippen LogP contribution in [0.15, 0.2) is 24.3 Å². The number of halogens is 1. The van der Waals surface area contributed by atoms with Gasteiger partial charge in [-0.2, -0.15) is 0 Å². The number of benzene rings is 1. The Balaban J connectivity index is 1.62. The molecule has 0 heterocycles. The summed E-state index contributed by atoms with van der Waals surface area (Å²) in [7, 11) is 2.09. The van der Waals surface area contributed by atoms with Crippen molar-refractivity contribution in [1.29, 1.82) is 0 Å². The third-order valence-corrected chi connectivity index (χ3v) is 5.49. The van der Waals surface area contributed by atoms with Crippen molar-refractivity contribution in [3.8, 4) is 0 Å². The van der Waals surface area contributed by atoms with Gasteiger partial charge in [0, 0.05) is 16.5 Å². The van der Waals surface area contributed by atoms with Crippen LogP contribution < -0.4 is 5.32 Å². The third kappa shape index (κ3) is 2.61. The molecule has 2 nitrogen and oxygen atoms in total. The van der Waals surface area contributed by atoms with Gasteiger partial charge in [0.15, 0.2) is 0 Å². The summed E-state index contributed by atoms with van der Waals surface area (Å²) >= 11 is 6.03. The fourth-order valence-corrected chi connectivity index (χ4v) is 4.30. The molecule has 2 atom stereocenters. The van der Waals surface area contributed by atoms with Crippen LogP contribution in [-0.2, 0) is 11.3 Å². The van der Waals surface area contributed by atoms with E-state index in [-0.39, 0.29) is 0 Å². The molecule has 110 valence electrons. The molecule has 0 aromatic heterocycles. The number of hydrogen-bond donors (Lipinski definition) is 1. The summed E-state index contributed by atoms with van der Waals surface area (Å²) in [6.07, 6.45) is 8.30. The molecule has 0 aliphatic heterocycles. The van der Waals surface area contributed by atoms with Gasteiger partial charge in [0.2, 0.25) is 0 Å². The van der Waals surface area contributed by atoms with Crippen molar-refractivity contribution in [2.75, 3.05) is 7.05 Å². The monoisotopic (exact) mass is 293 g/mol. The predicted octanol–water partition coefficient (Wildman–Crippen LogP) is 4.17. The van der Waals surface area contributed by atoms with E-state index in [0.29, 0.717) is 24.2 Å². The lowest BCUT2D eigenvalue weighted by molar-refractivity contribution is -0.157. The standard InChI is InChI=1S/C17H24ClNO/c1-19-15-11-16(17(15)8-3-2-4-9-17)20-12-13-6-5-7-14(18)10-13/h5-7,10,15-16,19H,2-4,8-9,11-12H2,1H3. The van der Waals surface area contributed by atoms with Crippen molar-refractivity contribution in [2.24, 2.45) is 5.41 Å². The van der Waals surface area contributed by atoms with E-state index in [2.05, 4.69) is 18.4 Å². The Bertz CT molecular complexity index is 456. The topological polar surface area (TPSA) is 21.3 Å². The maximum Gasteiger partial charge on any atom is 0.0721 e. The Morgan fingerprint density at radius 1 is 1.30 bits per heavy atom. The average molecular weight is 294 g/mol. The zero-order chi connectivity index (χ0) is 14.0. The van der Waals surface area contributed by atoms with E-state index in [0.717, 1.165) is 11.4 Å². The van der Waals surface area contributed by atoms with Crippen LogP contribution >= 0.6 is 11.6 Å². The Kier molecular flexibility index (Phi) is 4.34.